The zero-order valence-corrected chi connectivity index (χ0v) is 18.3. The largest absolute Gasteiger partial charge is 0.494 e. The van der Waals surface area contributed by atoms with E-state index in [0.717, 1.165) is 35.6 Å². The topological polar surface area (TPSA) is 74.2 Å². The molecule has 0 aliphatic heterocycles. The molecule has 29 heavy (non-hydrogen) atoms. The Kier molecular flexibility index (Phi) is 7.24. The molecular weight excluding hydrogens is 402 g/mol. The molecule has 5 nitrogen and oxygen atoms in total. The van der Waals surface area contributed by atoms with E-state index in [9.17, 15) is 10.1 Å². The number of aryl methyl sites for hydroxylation is 1. The van der Waals surface area contributed by atoms with Crippen molar-refractivity contribution >= 4 is 39.6 Å². The number of ether oxygens (including phenoxy) is 1. The lowest BCUT2D eigenvalue weighted by atomic mass is 9.89. The molecule has 7 heteroatoms. The number of carbonyl (C=O) groups is 1. The third kappa shape index (κ3) is 5.78. The number of nitrogens with zero attached hydrogens (tertiary/aromatic N) is 1. The van der Waals surface area contributed by atoms with Gasteiger partial charge in [-0.25, -0.2) is 0 Å². The first-order valence-electron chi connectivity index (χ1n) is 9.81. The van der Waals surface area contributed by atoms with Gasteiger partial charge >= 0.3 is 0 Å². The Labute approximate surface area is 181 Å². The van der Waals surface area contributed by atoms with Crippen LogP contribution in [0.5, 0.6) is 5.75 Å². The van der Waals surface area contributed by atoms with Crippen LogP contribution in [0.25, 0.3) is 0 Å². The van der Waals surface area contributed by atoms with Gasteiger partial charge < -0.3 is 15.4 Å². The monoisotopic (exact) mass is 427 g/mol. The summed E-state index contributed by atoms with van der Waals surface area (Å²) < 4.78 is 5.63. The van der Waals surface area contributed by atoms with Crippen molar-refractivity contribution in [3.63, 3.8) is 0 Å². The number of thiophene rings is 1. The van der Waals surface area contributed by atoms with E-state index in [2.05, 4.69) is 23.6 Å². The van der Waals surface area contributed by atoms with Gasteiger partial charge in [-0.3, -0.25) is 4.79 Å². The standard InChI is InChI=1S/C22H25N3O2S2/c1-14-5-8-16(9-6-14)27-11-3-4-20(26)24-22(28)25-21-18(13-23)17-10-7-15(2)12-19(17)29-21/h5-6,8-9,15H,3-4,7,10-12H2,1-2H3,(H2,24,25,26,28). The molecule has 0 saturated carbocycles. The van der Waals surface area contributed by atoms with Crippen molar-refractivity contribution in [2.45, 2.75) is 46.0 Å². The van der Waals surface area contributed by atoms with E-state index in [1.165, 1.54) is 10.4 Å². The number of hydrogen-bond acceptors (Lipinski definition) is 5. The van der Waals surface area contributed by atoms with Gasteiger partial charge in [-0.15, -0.1) is 11.3 Å². The number of nitrogens with one attached hydrogen (secondary N) is 2. The lowest BCUT2D eigenvalue weighted by molar-refractivity contribution is -0.119. The first kappa shape index (κ1) is 21.3. The van der Waals surface area contributed by atoms with Gasteiger partial charge in [0.1, 0.15) is 16.8 Å². The van der Waals surface area contributed by atoms with E-state index in [-0.39, 0.29) is 11.0 Å². The van der Waals surface area contributed by atoms with Gasteiger partial charge in [0.15, 0.2) is 5.11 Å². The van der Waals surface area contributed by atoms with Crippen LogP contribution in [0, 0.1) is 24.2 Å². The van der Waals surface area contributed by atoms with E-state index >= 15 is 0 Å². The fourth-order valence-corrected chi connectivity index (χ4v) is 4.98. The van der Waals surface area contributed by atoms with Gasteiger partial charge in [0.25, 0.3) is 0 Å². The Morgan fingerprint density at radius 2 is 2.14 bits per heavy atom. The van der Waals surface area contributed by atoms with Gasteiger partial charge in [-0.2, -0.15) is 5.26 Å². The number of hydrogen-bond donors (Lipinski definition) is 2. The Balaban J connectivity index is 1.45. The SMILES string of the molecule is Cc1ccc(OCCCC(=O)NC(=S)Nc2sc3c(c2C#N)CCC(C)C3)cc1. The van der Waals surface area contributed by atoms with Crippen LogP contribution >= 0.6 is 23.6 Å². The van der Waals surface area contributed by atoms with Gasteiger partial charge in [-0.05, 0) is 68.4 Å². The Bertz CT molecular complexity index is 929. The zero-order chi connectivity index (χ0) is 20.8. The van der Waals surface area contributed by atoms with E-state index in [0.29, 0.717) is 30.9 Å². The molecule has 152 valence electrons. The quantitative estimate of drug-likeness (QED) is 0.515. The highest BCUT2D eigenvalue weighted by atomic mass is 32.1. The number of anilines is 1. The second-order valence-corrected chi connectivity index (χ2v) is 8.95. The van der Waals surface area contributed by atoms with Gasteiger partial charge in [-0.1, -0.05) is 24.6 Å². The first-order valence-corrected chi connectivity index (χ1v) is 11.0. The molecule has 1 aromatic carbocycles. The van der Waals surface area contributed by atoms with Gasteiger partial charge in [0.2, 0.25) is 5.91 Å². The second-order valence-electron chi connectivity index (χ2n) is 7.44. The number of nitriles is 1. The summed E-state index contributed by atoms with van der Waals surface area (Å²) in [7, 11) is 0. The maximum atomic E-state index is 12.1. The van der Waals surface area contributed by atoms with Crippen molar-refractivity contribution in [3.05, 3.63) is 45.8 Å². The molecule has 1 aliphatic rings. The fourth-order valence-electron chi connectivity index (χ4n) is 3.34. The molecular formula is C22H25N3O2S2. The number of benzene rings is 1. The first-order chi connectivity index (χ1) is 14.0. The second kappa shape index (κ2) is 9.86. The van der Waals surface area contributed by atoms with Crippen LogP contribution in [0.3, 0.4) is 0 Å². The van der Waals surface area contributed by atoms with Crippen LogP contribution in [-0.4, -0.2) is 17.6 Å². The number of amides is 1. The Hall–Kier alpha value is -2.43. The van der Waals surface area contributed by atoms with Crippen LogP contribution in [0.15, 0.2) is 24.3 Å². The lowest BCUT2D eigenvalue weighted by Crippen LogP contribution is -2.34. The number of fused-ring (bicyclic) bond motifs is 1. The summed E-state index contributed by atoms with van der Waals surface area (Å²) in [6, 6.07) is 10.1. The lowest BCUT2D eigenvalue weighted by Gasteiger charge is -2.17. The predicted octanol–water partition coefficient (Wildman–Crippen LogP) is 4.73. The summed E-state index contributed by atoms with van der Waals surface area (Å²) in [5, 5.41) is 16.3. The third-order valence-electron chi connectivity index (χ3n) is 4.94. The highest BCUT2D eigenvalue weighted by molar-refractivity contribution is 7.80. The molecule has 0 spiro atoms. The summed E-state index contributed by atoms with van der Waals surface area (Å²) in [4.78, 5) is 13.4. The minimum Gasteiger partial charge on any atom is -0.494 e. The van der Waals surface area contributed by atoms with Crippen molar-refractivity contribution in [2.75, 3.05) is 11.9 Å². The zero-order valence-electron chi connectivity index (χ0n) is 16.7. The minimum absolute atomic E-state index is 0.163. The summed E-state index contributed by atoms with van der Waals surface area (Å²) in [5.74, 6) is 1.27. The molecule has 2 aromatic rings. The summed E-state index contributed by atoms with van der Waals surface area (Å²) >= 11 is 6.85. The summed E-state index contributed by atoms with van der Waals surface area (Å²) in [6.07, 6.45) is 3.94. The molecule has 1 unspecified atom stereocenters. The van der Waals surface area contributed by atoms with Crippen LogP contribution in [0.1, 0.15) is 47.8 Å². The van der Waals surface area contributed by atoms with E-state index in [1.54, 1.807) is 11.3 Å². The molecule has 0 fully saturated rings. The minimum atomic E-state index is -0.163. The van der Waals surface area contributed by atoms with Gasteiger partial charge in [0, 0.05) is 11.3 Å². The van der Waals surface area contributed by atoms with Crippen LogP contribution < -0.4 is 15.4 Å². The maximum absolute atomic E-state index is 12.1. The average molecular weight is 428 g/mol. The number of thiocarbonyl (C=S) groups is 1. The van der Waals surface area contributed by atoms with Crippen LogP contribution in [-0.2, 0) is 17.6 Å². The van der Waals surface area contributed by atoms with Crippen molar-refractivity contribution in [2.24, 2.45) is 5.92 Å². The van der Waals surface area contributed by atoms with Gasteiger partial charge in [0.05, 0.1) is 12.2 Å². The van der Waals surface area contributed by atoms with Crippen molar-refractivity contribution < 1.29 is 9.53 Å². The fraction of sp³-hybridized carbons (Fsp3) is 0.409. The molecule has 1 amide bonds. The maximum Gasteiger partial charge on any atom is 0.226 e. The normalized spacial score (nSPS) is 15.1. The highest BCUT2D eigenvalue weighted by Gasteiger charge is 2.24. The Morgan fingerprint density at radius 1 is 1.38 bits per heavy atom. The average Bonchev–Trinajstić information content (AvgIpc) is 3.02. The Morgan fingerprint density at radius 3 is 2.86 bits per heavy atom. The third-order valence-corrected chi connectivity index (χ3v) is 6.32. The predicted molar refractivity (Wildman–Crippen MR) is 120 cm³/mol. The molecule has 1 aromatic heterocycles. The molecule has 1 aliphatic carbocycles. The van der Waals surface area contributed by atoms with Crippen LogP contribution in [0.4, 0.5) is 5.00 Å². The van der Waals surface area contributed by atoms with Crippen molar-refractivity contribution in [1.29, 1.82) is 5.26 Å². The number of rotatable bonds is 6. The molecule has 0 radical (unpaired) electrons. The molecule has 3 rings (SSSR count). The number of carbonyl (C=O) groups excluding carboxylic acids is 1. The summed E-state index contributed by atoms with van der Waals surface area (Å²) in [5.41, 5.74) is 2.99. The molecule has 0 saturated heterocycles. The highest BCUT2D eigenvalue weighted by Crippen LogP contribution is 2.39. The smallest absolute Gasteiger partial charge is 0.226 e. The van der Waals surface area contributed by atoms with Crippen molar-refractivity contribution in [1.82, 2.24) is 5.32 Å². The van der Waals surface area contributed by atoms with E-state index in [4.69, 9.17) is 17.0 Å². The van der Waals surface area contributed by atoms with Crippen molar-refractivity contribution in [3.8, 4) is 11.8 Å². The van der Waals surface area contributed by atoms with Crippen LogP contribution in [0.2, 0.25) is 0 Å². The molecule has 1 heterocycles. The summed E-state index contributed by atoms with van der Waals surface area (Å²) in [6.45, 7) is 4.72. The van der Waals surface area contributed by atoms with E-state index < -0.39 is 0 Å². The molecule has 1 atom stereocenters. The molecule has 0 bridgehead atoms. The molecule has 2 N–H and O–H groups in total. The van der Waals surface area contributed by atoms with E-state index in [1.807, 2.05) is 31.2 Å².